The summed E-state index contributed by atoms with van der Waals surface area (Å²) in [6, 6.07) is 2.67. The number of H-pyrrole nitrogens is 1. The van der Waals surface area contributed by atoms with Crippen molar-refractivity contribution in [2.45, 2.75) is 38.7 Å². The monoisotopic (exact) mass is 408 g/mol. The van der Waals surface area contributed by atoms with E-state index < -0.39 is 42.0 Å². The van der Waals surface area contributed by atoms with Crippen LogP contribution in [-0.4, -0.2) is 30.4 Å². The third kappa shape index (κ3) is 3.64. The van der Waals surface area contributed by atoms with Gasteiger partial charge in [0.2, 0.25) is 5.56 Å². The first-order valence-corrected chi connectivity index (χ1v) is 8.66. The van der Waals surface area contributed by atoms with E-state index >= 15 is 0 Å². The van der Waals surface area contributed by atoms with Crippen molar-refractivity contribution in [3.63, 3.8) is 0 Å². The van der Waals surface area contributed by atoms with Crippen LogP contribution < -0.4 is 15.2 Å². The van der Waals surface area contributed by atoms with Gasteiger partial charge in [-0.25, -0.2) is 0 Å². The van der Waals surface area contributed by atoms with E-state index in [2.05, 4.69) is 4.98 Å². The summed E-state index contributed by atoms with van der Waals surface area (Å²) in [4.78, 5) is 15.4. The zero-order valence-corrected chi connectivity index (χ0v) is 15.0. The van der Waals surface area contributed by atoms with Gasteiger partial charge >= 0.3 is 12.4 Å². The van der Waals surface area contributed by atoms with Gasteiger partial charge in [-0.2, -0.15) is 26.3 Å². The molecule has 1 aliphatic heterocycles. The third-order valence-corrected chi connectivity index (χ3v) is 4.92. The van der Waals surface area contributed by atoms with Gasteiger partial charge in [0, 0.05) is 12.6 Å². The van der Waals surface area contributed by atoms with Crippen LogP contribution in [0.25, 0.3) is 10.9 Å². The minimum absolute atomic E-state index is 0.0520. The van der Waals surface area contributed by atoms with E-state index in [4.69, 9.17) is 4.74 Å². The average molecular weight is 408 g/mol. The predicted molar refractivity (Wildman–Crippen MR) is 91.7 cm³/mol. The summed E-state index contributed by atoms with van der Waals surface area (Å²) in [5.74, 6) is -1.85. The highest BCUT2D eigenvalue weighted by Crippen LogP contribution is 2.45. The number of rotatable bonds is 3. The zero-order chi connectivity index (χ0) is 20.9. The molecule has 0 saturated carbocycles. The maximum atomic E-state index is 13.5. The molecule has 0 spiro atoms. The number of aromatic amines is 1. The van der Waals surface area contributed by atoms with Crippen molar-refractivity contribution in [2.24, 2.45) is 5.92 Å². The molecule has 0 fully saturated rings. The van der Waals surface area contributed by atoms with Crippen molar-refractivity contribution in [1.29, 1.82) is 0 Å². The number of ether oxygens (including phenoxy) is 1. The Morgan fingerprint density at radius 1 is 1.25 bits per heavy atom. The van der Waals surface area contributed by atoms with Gasteiger partial charge in [-0.15, -0.1) is 0 Å². The summed E-state index contributed by atoms with van der Waals surface area (Å²) < 4.78 is 85.3. The molecule has 4 nitrogen and oxygen atoms in total. The molecule has 1 aromatic carbocycles. The minimum Gasteiger partial charge on any atom is -0.489 e. The lowest BCUT2D eigenvalue weighted by Gasteiger charge is -2.40. The van der Waals surface area contributed by atoms with E-state index in [0.717, 1.165) is 6.92 Å². The number of hydrogen-bond donors (Lipinski definition) is 1. The summed E-state index contributed by atoms with van der Waals surface area (Å²) in [6.07, 6.45) is -8.80. The fourth-order valence-electron chi connectivity index (χ4n) is 3.36. The number of halogens is 6. The van der Waals surface area contributed by atoms with Crippen LogP contribution in [0.15, 0.2) is 23.0 Å². The van der Waals surface area contributed by atoms with E-state index in [9.17, 15) is 31.1 Å². The first-order chi connectivity index (χ1) is 12.9. The molecule has 0 amide bonds. The van der Waals surface area contributed by atoms with E-state index in [1.165, 1.54) is 17.0 Å². The van der Waals surface area contributed by atoms with Crippen molar-refractivity contribution in [3.05, 3.63) is 34.1 Å². The SMILES string of the molecule is CC[C@@H]1COc2c(ccc3[nH]c(=O)cc(C(F)(F)F)c23)N1CC(C)C(F)(F)F. The highest BCUT2D eigenvalue weighted by atomic mass is 19.4. The quantitative estimate of drug-likeness (QED) is 0.748. The van der Waals surface area contributed by atoms with Gasteiger partial charge in [-0.1, -0.05) is 13.8 Å². The number of hydrogen-bond acceptors (Lipinski definition) is 3. The molecule has 1 aliphatic rings. The maximum absolute atomic E-state index is 13.5. The second kappa shape index (κ2) is 6.89. The van der Waals surface area contributed by atoms with E-state index in [1.807, 2.05) is 0 Å². The Labute approximate surface area is 156 Å². The first kappa shape index (κ1) is 20.3. The topological polar surface area (TPSA) is 45.3 Å². The second-order valence-electron chi connectivity index (χ2n) is 6.85. The molecule has 1 aromatic heterocycles. The van der Waals surface area contributed by atoms with Crippen molar-refractivity contribution in [2.75, 3.05) is 18.1 Å². The number of pyridine rings is 1. The number of fused-ring (bicyclic) bond motifs is 3. The van der Waals surface area contributed by atoms with Gasteiger partial charge in [-0.3, -0.25) is 4.79 Å². The lowest BCUT2D eigenvalue weighted by Crippen LogP contribution is -2.47. The molecule has 3 rings (SSSR count). The molecule has 2 atom stereocenters. The van der Waals surface area contributed by atoms with Gasteiger partial charge in [0.05, 0.1) is 34.1 Å². The normalized spacial score (nSPS) is 18.7. The molecule has 10 heteroatoms. The largest absolute Gasteiger partial charge is 0.489 e. The van der Waals surface area contributed by atoms with Crippen LogP contribution in [0.2, 0.25) is 0 Å². The fraction of sp³-hybridized carbons (Fsp3) is 0.500. The van der Waals surface area contributed by atoms with E-state index in [1.54, 1.807) is 6.92 Å². The number of anilines is 1. The molecule has 0 aliphatic carbocycles. The number of benzene rings is 1. The fourth-order valence-corrected chi connectivity index (χ4v) is 3.36. The second-order valence-corrected chi connectivity index (χ2v) is 6.85. The molecule has 1 unspecified atom stereocenters. The molecule has 0 saturated heterocycles. The van der Waals surface area contributed by atoms with E-state index in [0.29, 0.717) is 12.5 Å². The van der Waals surface area contributed by atoms with Crippen LogP contribution in [0.3, 0.4) is 0 Å². The molecule has 2 aromatic rings. The summed E-state index contributed by atoms with van der Waals surface area (Å²) >= 11 is 0. The van der Waals surface area contributed by atoms with Gasteiger partial charge in [0.25, 0.3) is 0 Å². The average Bonchev–Trinajstić information content (AvgIpc) is 2.58. The van der Waals surface area contributed by atoms with Crippen LogP contribution in [0.5, 0.6) is 5.75 Å². The Bertz CT molecular complexity index is 935. The summed E-state index contributed by atoms with van der Waals surface area (Å²) in [5, 5.41) is -0.358. The van der Waals surface area contributed by atoms with Crippen molar-refractivity contribution in [3.8, 4) is 5.75 Å². The number of nitrogens with one attached hydrogen (secondary N) is 1. The molecule has 2 heterocycles. The smallest absolute Gasteiger partial charge is 0.417 e. The molecule has 28 heavy (non-hydrogen) atoms. The standard InChI is InChI=1S/C18H18F6N2O2/c1-3-10-8-28-16-13(26(10)7-9(2)17(19,20)21)5-4-12-15(16)11(18(22,23)24)6-14(27)25-12/h4-6,9-10H,3,7-8H2,1-2H3,(H,25,27)/t9?,10-/m1/s1. The first-order valence-electron chi connectivity index (χ1n) is 8.66. The van der Waals surface area contributed by atoms with E-state index in [-0.39, 0.29) is 28.9 Å². The van der Waals surface area contributed by atoms with Gasteiger partial charge in [0.15, 0.2) is 5.75 Å². The molecule has 1 N–H and O–H groups in total. The lowest BCUT2D eigenvalue weighted by atomic mass is 10.0. The highest BCUT2D eigenvalue weighted by Gasteiger charge is 2.41. The Morgan fingerprint density at radius 2 is 1.93 bits per heavy atom. The predicted octanol–water partition coefficient (Wildman–Crippen LogP) is 4.72. The number of aromatic nitrogens is 1. The van der Waals surface area contributed by atoms with Crippen LogP contribution in [0.1, 0.15) is 25.8 Å². The Hall–Kier alpha value is -2.39. The van der Waals surface area contributed by atoms with Crippen LogP contribution >= 0.6 is 0 Å². The molecule has 0 bridgehead atoms. The summed E-state index contributed by atoms with van der Waals surface area (Å²) in [7, 11) is 0. The highest BCUT2D eigenvalue weighted by molar-refractivity contribution is 5.94. The molecule has 0 radical (unpaired) electrons. The Kier molecular flexibility index (Phi) is 5.01. The van der Waals surface area contributed by atoms with Gasteiger partial charge in [-0.05, 0) is 18.6 Å². The van der Waals surface area contributed by atoms with Crippen molar-refractivity contribution in [1.82, 2.24) is 4.98 Å². The molecular formula is C18H18F6N2O2. The maximum Gasteiger partial charge on any atom is 0.417 e. The third-order valence-electron chi connectivity index (χ3n) is 4.92. The van der Waals surface area contributed by atoms with Crippen LogP contribution in [0, 0.1) is 5.92 Å². The summed E-state index contributed by atoms with van der Waals surface area (Å²) in [6.45, 7) is 2.34. The zero-order valence-electron chi connectivity index (χ0n) is 15.0. The van der Waals surface area contributed by atoms with Crippen LogP contribution in [0.4, 0.5) is 32.0 Å². The Balaban J connectivity index is 2.21. The van der Waals surface area contributed by atoms with Crippen molar-refractivity contribution < 1.29 is 31.1 Å². The van der Waals surface area contributed by atoms with Gasteiger partial charge in [0.1, 0.15) is 6.61 Å². The minimum atomic E-state index is -4.82. The molecule has 154 valence electrons. The van der Waals surface area contributed by atoms with Crippen molar-refractivity contribution >= 4 is 16.6 Å². The number of nitrogens with zero attached hydrogens (tertiary/aromatic N) is 1. The Morgan fingerprint density at radius 3 is 2.50 bits per heavy atom. The summed E-state index contributed by atoms with van der Waals surface area (Å²) in [5.41, 5.74) is -2.04. The van der Waals surface area contributed by atoms with Gasteiger partial charge < -0.3 is 14.6 Å². The number of alkyl halides is 6. The lowest BCUT2D eigenvalue weighted by molar-refractivity contribution is -0.167. The van der Waals surface area contributed by atoms with Crippen LogP contribution in [-0.2, 0) is 6.18 Å². The molecular weight excluding hydrogens is 390 g/mol.